The van der Waals surface area contributed by atoms with Crippen LogP contribution in [0, 0.1) is 6.92 Å². The summed E-state index contributed by atoms with van der Waals surface area (Å²) in [5, 5.41) is 0. The predicted octanol–water partition coefficient (Wildman–Crippen LogP) is 3.56. The van der Waals surface area contributed by atoms with Gasteiger partial charge in [-0.25, -0.2) is 8.42 Å². The second kappa shape index (κ2) is 9.61. The van der Waals surface area contributed by atoms with Crippen LogP contribution in [0.25, 0.3) is 0 Å². The lowest BCUT2D eigenvalue weighted by Crippen LogP contribution is -2.43. The maximum Gasteiger partial charge on any atom is 0.278 e. The van der Waals surface area contributed by atoms with Crippen LogP contribution in [0.15, 0.2) is 112 Å². The Morgan fingerprint density at radius 1 is 0.618 bits per heavy atom. The fraction of sp³-hybridized carbons (Fsp3) is 0.130. The van der Waals surface area contributed by atoms with Crippen molar-refractivity contribution >= 4 is 30.1 Å². The number of aryl methyl sites for hydroxylation is 1. The van der Waals surface area contributed by atoms with Gasteiger partial charge in [0.1, 0.15) is 5.82 Å². The van der Waals surface area contributed by atoms with Gasteiger partial charge in [0.25, 0.3) is 30.1 Å². The monoisotopic (exact) mass is 520 g/mol. The highest BCUT2D eigenvalue weighted by Gasteiger charge is 2.41. The number of nitrogens with zero attached hydrogens (tertiary/aromatic N) is 2. The zero-order chi connectivity index (χ0) is 25.1. The zero-order valence-electron chi connectivity index (χ0n) is 18.7. The van der Waals surface area contributed by atoms with Gasteiger partial charge >= 0.3 is 0 Å². The Hall–Kier alpha value is -3.15. The molecule has 3 aromatic carbocycles. The molecule has 3 aromatic rings. The van der Waals surface area contributed by atoms with Crippen LogP contribution in [-0.2, 0) is 30.1 Å². The van der Waals surface area contributed by atoms with Crippen LogP contribution in [0.5, 0.6) is 0 Å². The third-order valence-corrected chi connectivity index (χ3v) is 10.9. The van der Waals surface area contributed by atoms with Crippen molar-refractivity contribution in [3.63, 3.8) is 0 Å². The number of hydrogen-bond donors (Lipinski definition) is 0. The minimum Gasteiger partial charge on any atom is -0.253 e. The van der Waals surface area contributed by atoms with E-state index in [0.29, 0.717) is 4.31 Å². The van der Waals surface area contributed by atoms with Gasteiger partial charge in [0.15, 0.2) is 0 Å². The Morgan fingerprint density at radius 3 is 1.38 bits per heavy atom. The van der Waals surface area contributed by atoms with Gasteiger partial charge in [0.05, 0.1) is 14.7 Å². The summed E-state index contributed by atoms with van der Waals surface area (Å²) in [6.45, 7) is 3.16. The van der Waals surface area contributed by atoms with Crippen LogP contribution in [-0.4, -0.2) is 40.3 Å². The molecular weight excluding hydrogens is 496 g/mol. The zero-order valence-corrected chi connectivity index (χ0v) is 21.2. The highest BCUT2D eigenvalue weighted by atomic mass is 32.3. The molecule has 0 atom stereocenters. The molecule has 0 heterocycles. The summed E-state index contributed by atoms with van der Waals surface area (Å²) < 4.78 is 82.1. The van der Waals surface area contributed by atoms with E-state index in [0.717, 1.165) is 18.7 Å². The smallest absolute Gasteiger partial charge is 0.253 e. The lowest BCUT2D eigenvalue weighted by Gasteiger charge is -2.31. The topological polar surface area (TPSA) is 109 Å². The molecule has 34 heavy (non-hydrogen) atoms. The van der Waals surface area contributed by atoms with E-state index in [1.165, 1.54) is 67.6 Å². The van der Waals surface area contributed by atoms with Crippen molar-refractivity contribution in [3.8, 4) is 0 Å². The Bertz CT molecular complexity index is 1430. The summed E-state index contributed by atoms with van der Waals surface area (Å²) in [7, 11) is -12.7. The molecule has 0 spiro atoms. The molecule has 0 N–H and O–H groups in total. The van der Waals surface area contributed by atoms with Crippen molar-refractivity contribution in [2.75, 3.05) is 7.05 Å². The first kappa shape index (κ1) is 25.5. The average Bonchev–Trinajstić information content (AvgIpc) is 2.83. The summed E-state index contributed by atoms with van der Waals surface area (Å²) in [5.74, 6) is -0.562. The fourth-order valence-corrected chi connectivity index (χ4v) is 8.36. The summed E-state index contributed by atoms with van der Waals surface area (Å²) in [4.78, 5) is -0.737. The molecule has 0 amide bonds. The minimum atomic E-state index is -4.74. The Kier molecular flexibility index (Phi) is 7.20. The molecule has 0 aliphatic carbocycles. The largest absolute Gasteiger partial charge is 0.278 e. The summed E-state index contributed by atoms with van der Waals surface area (Å²) in [5.41, 5.74) is 0.827. The van der Waals surface area contributed by atoms with Crippen LogP contribution in [0.3, 0.4) is 0 Å². The quantitative estimate of drug-likeness (QED) is 0.449. The molecule has 0 saturated carbocycles. The van der Waals surface area contributed by atoms with Gasteiger partial charge in [0.2, 0.25) is 0 Å². The molecule has 8 nitrogen and oxygen atoms in total. The van der Waals surface area contributed by atoms with Crippen molar-refractivity contribution in [1.82, 2.24) is 8.02 Å². The van der Waals surface area contributed by atoms with E-state index in [9.17, 15) is 25.3 Å². The van der Waals surface area contributed by atoms with E-state index in [1.54, 1.807) is 31.2 Å². The summed E-state index contributed by atoms with van der Waals surface area (Å²) >= 11 is 0. The van der Waals surface area contributed by atoms with Crippen LogP contribution < -0.4 is 0 Å². The number of hydrogen-bond acceptors (Lipinski definition) is 6. The first-order valence-electron chi connectivity index (χ1n) is 10.1. The van der Waals surface area contributed by atoms with Crippen LogP contribution in [0.1, 0.15) is 12.5 Å². The molecule has 11 heteroatoms. The standard InChI is InChI=1S/C23H24N2O6S3/c1-4-23(24(3)32(26,27)22-17-15-19(2)16-18-22)25(33(28,29)20-11-7-5-8-12-20)34(30,31)21-13-9-6-10-14-21/h4-18H,1-3H3/b23-4-. The van der Waals surface area contributed by atoms with Crippen LogP contribution in [0.4, 0.5) is 0 Å². The van der Waals surface area contributed by atoms with Crippen LogP contribution in [0.2, 0.25) is 0 Å². The SMILES string of the molecule is C/C=C(/N(C)S(=O)(=O)c1ccc(C)cc1)N(S(=O)(=O)c1ccccc1)S(=O)(=O)c1ccccc1. The molecule has 0 aliphatic heterocycles. The molecule has 0 radical (unpaired) electrons. The number of sulfonamides is 3. The van der Waals surface area contributed by atoms with Crippen molar-refractivity contribution in [3.05, 3.63) is 102 Å². The second-order valence-corrected chi connectivity index (χ2v) is 13.0. The normalized spacial score (nSPS) is 12.9. The molecule has 0 unspecified atom stereocenters. The van der Waals surface area contributed by atoms with E-state index < -0.39 is 35.9 Å². The molecule has 0 bridgehead atoms. The molecule has 3 rings (SSSR count). The third-order valence-electron chi connectivity index (χ3n) is 4.97. The van der Waals surface area contributed by atoms with Gasteiger partial charge in [-0.15, -0.1) is 3.71 Å². The first-order chi connectivity index (χ1) is 15.9. The highest BCUT2D eigenvalue weighted by Crippen LogP contribution is 2.32. The van der Waals surface area contributed by atoms with E-state index in [-0.39, 0.29) is 18.4 Å². The average molecular weight is 521 g/mol. The maximum absolute atomic E-state index is 13.6. The Morgan fingerprint density at radius 2 is 1.00 bits per heavy atom. The van der Waals surface area contributed by atoms with Crippen molar-refractivity contribution < 1.29 is 25.3 Å². The lowest BCUT2D eigenvalue weighted by molar-refractivity contribution is 0.458. The second-order valence-electron chi connectivity index (χ2n) is 7.27. The van der Waals surface area contributed by atoms with Crippen molar-refractivity contribution in [2.24, 2.45) is 0 Å². The summed E-state index contributed by atoms with van der Waals surface area (Å²) in [6, 6.07) is 19.8. The molecule has 180 valence electrons. The number of allylic oxidation sites excluding steroid dienone is 1. The summed E-state index contributed by atoms with van der Waals surface area (Å²) in [6.07, 6.45) is 1.13. The van der Waals surface area contributed by atoms with E-state index in [2.05, 4.69) is 0 Å². The van der Waals surface area contributed by atoms with Gasteiger partial charge < -0.3 is 0 Å². The van der Waals surface area contributed by atoms with E-state index >= 15 is 0 Å². The van der Waals surface area contributed by atoms with Gasteiger partial charge in [-0.05, 0) is 56.3 Å². The number of benzene rings is 3. The Labute approximate surface area is 200 Å². The molecule has 0 fully saturated rings. The molecule has 0 aromatic heterocycles. The van der Waals surface area contributed by atoms with E-state index in [1.807, 2.05) is 0 Å². The molecule has 0 saturated heterocycles. The maximum atomic E-state index is 13.6. The van der Waals surface area contributed by atoms with Crippen molar-refractivity contribution in [2.45, 2.75) is 28.5 Å². The van der Waals surface area contributed by atoms with E-state index in [4.69, 9.17) is 0 Å². The first-order valence-corrected chi connectivity index (χ1v) is 14.4. The lowest BCUT2D eigenvalue weighted by atomic mass is 10.2. The predicted molar refractivity (Wildman–Crippen MR) is 129 cm³/mol. The van der Waals surface area contributed by atoms with Crippen LogP contribution >= 0.6 is 0 Å². The fourth-order valence-electron chi connectivity index (χ4n) is 3.15. The van der Waals surface area contributed by atoms with Gasteiger partial charge in [0, 0.05) is 7.05 Å². The van der Waals surface area contributed by atoms with Gasteiger partial charge in [-0.3, -0.25) is 4.31 Å². The molecular formula is C23H24N2O6S3. The number of rotatable bonds is 8. The van der Waals surface area contributed by atoms with Gasteiger partial charge in [-0.1, -0.05) is 54.1 Å². The van der Waals surface area contributed by atoms with Crippen molar-refractivity contribution in [1.29, 1.82) is 0 Å². The molecule has 0 aliphatic rings. The third kappa shape index (κ3) is 4.72. The minimum absolute atomic E-state index is 0.117. The van der Waals surface area contributed by atoms with Gasteiger partial charge in [-0.2, -0.15) is 16.8 Å². The Balaban J connectivity index is 2.26. The highest BCUT2D eigenvalue weighted by molar-refractivity contribution is 8.04.